The molecule has 1 heterocycles. The van der Waals surface area contributed by atoms with Gasteiger partial charge in [-0.1, -0.05) is 28.1 Å². The van der Waals surface area contributed by atoms with E-state index < -0.39 is 21.9 Å². The summed E-state index contributed by atoms with van der Waals surface area (Å²) in [7, 11) is -3.90. The Bertz CT molecular complexity index is 1210. The lowest BCUT2D eigenvalue weighted by atomic mass is 10.2. The maximum Gasteiger partial charge on any atom is 0.337 e. The number of halogens is 2. The van der Waals surface area contributed by atoms with Crippen LogP contribution in [-0.4, -0.2) is 25.4 Å². The van der Waals surface area contributed by atoms with Crippen LogP contribution in [0.2, 0.25) is 0 Å². The highest BCUT2D eigenvalue weighted by molar-refractivity contribution is 9.10. The molecule has 2 aromatic carbocycles. The summed E-state index contributed by atoms with van der Waals surface area (Å²) in [5.41, 5.74) is 1.22. The van der Waals surface area contributed by atoms with E-state index in [4.69, 9.17) is 11.6 Å². The second-order valence-electron chi connectivity index (χ2n) is 6.03. The smallest absolute Gasteiger partial charge is 0.337 e. The monoisotopic (exact) mass is 528 g/mol. The summed E-state index contributed by atoms with van der Waals surface area (Å²) in [6.45, 7) is 0. The van der Waals surface area contributed by atoms with Crippen LogP contribution in [0, 0.1) is 0 Å². The van der Waals surface area contributed by atoms with Crippen LogP contribution in [0.1, 0.15) is 25.6 Å². The molecule has 7 nitrogen and oxygen atoms in total. The molecule has 0 saturated heterocycles. The minimum atomic E-state index is -3.90. The molecule has 0 spiro atoms. The first-order chi connectivity index (χ1) is 14.2. The zero-order chi connectivity index (χ0) is 21.9. The molecule has 0 aliphatic carbocycles. The van der Waals surface area contributed by atoms with E-state index in [0.717, 1.165) is 16.9 Å². The van der Waals surface area contributed by atoms with Crippen LogP contribution in [0.15, 0.2) is 63.3 Å². The molecule has 0 fully saturated rings. The van der Waals surface area contributed by atoms with Crippen LogP contribution in [-0.2, 0) is 15.9 Å². The number of benzene rings is 2. The molecule has 30 heavy (non-hydrogen) atoms. The molecule has 11 heteroatoms. The van der Waals surface area contributed by atoms with E-state index in [2.05, 4.69) is 26.0 Å². The van der Waals surface area contributed by atoms with E-state index in [0.29, 0.717) is 16.0 Å². The molecule has 0 aliphatic heterocycles. The topological polar surface area (TPSA) is 113 Å². The Morgan fingerprint density at radius 3 is 2.43 bits per heavy atom. The maximum absolute atomic E-state index is 12.6. The number of hydrogen-bond acceptors (Lipinski definition) is 5. The lowest BCUT2D eigenvalue weighted by Gasteiger charge is -2.08. The van der Waals surface area contributed by atoms with Gasteiger partial charge in [0.15, 0.2) is 0 Å². The van der Waals surface area contributed by atoms with Gasteiger partial charge in [-0.15, -0.1) is 22.9 Å². The number of alkyl halides is 1. The number of carbonyl (C=O) groups is 2. The third-order valence-corrected chi connectivity index (χ3v) is 7.17. The largest absolute Gasteiger partial charge is 0.478 e. The first kappa shape index (κ1) is 22.3. The van der Waals surface area contributed by atoms with E-state index in [9.17, 15) is 23.1 Å². The Morgan fingerprint density at radius 2 is 1.80 bits per heavy atom. The standard InChI is InChI=1S/C19H14BrClN2O5S2/c20-12-3-6-16(15(7-12)19(25)26)22-18(24)17-8-14(10-29-17)30(27,28)23-13-4-1-11(9-21)2-5-13/h1-8,10,23H,9H2,(H,22,24)(H,25,26). The van der Waals surface area contributed by atoms with Gasteiger partial charge >= 0.3 is 5.97 Å². The second-order valence-corrected chi connectivity index (χ2v) is 9.81. The number of rotatable bonds is 7. The summed E-state index contributed by atoms with van der Waals surface area (Å²) in [4.78, 5) is 23.9. The SMILES string of the molecule is O=C(Nc1ccc(Br)cc1C(=O)O)c1cc(S(=O)(=O)Nc2ccc(CCl)cc2)cs1. The molecular formula is C19H14BrClN2O5S2. The minimum absolute atomic E-state index is 0.0756. The van der Waals surface area contributed by atoms with Gasteiger partial charge in [0.25, 0.3) is 15.9 Å². The third-order valence-electron chi connectivity index (χ3n) is 3.93. The number of amides is 1. The van der Waals surface area contributed by atoms with Gasteiger partial charge in [-0.3, -0.25) is 9.52 Å². The number of carbonyl (C=O) groups excluding carboxylic acids is 1. The van der Waals surface area contributed by atoms with Gasteiger partial charge in [-0.05, 0) is 42.0 Å². The van der Waals surface area contributed by atoms with Gasteiger partial charge in [0.1, 0.15) is 0 Å². The van der Waals surface area contributed by atoms with E-state index in [1.165, 1.54) is 23.6 Å². The number of hydrogen-bond donors (Lipinski definition) is 3. The van der Waals surface area contributed by atoms with Crippen molar-refractivity contribution in [3.05, 3.63) is 74.4 Å². The first-order valence-corrected chi connectivity index (χ1v) is 12.0. The summed E-state index contributed by atoms with van der Waals surface area (Å²) >= 11 is 9.84. The zero-order valence-electron chi connectivity index (χ0n) is 15.1. The van der Waals surface area contributed by atoms with Gasteiger partial charge in [-0.2, -0.15) is 0 Å². The van der Waals surface area contributed by atoms with E-state index >= 15 is 0 Å². The number of anilines is 2. The number of carboxylic acid groups (broad SMARTS) is 1. The van der Waals surface area contributed by atoms with Gasteiger partial charge in [-0.25, -0.2) is 13.2 Å². The molecule has 0 bridgehead atoms. The molecule has 3 N–H and O–H groups in total. The summed E-state index contributed by atoms with van der Waals surface area (Å²) < 4.78 is 28.2. The maximum atomic E-state index is 12.6. The predicted molar refractivity (Wildman–Crippen MR) is 120 cm³/mol. The molecule has 3 rings (SSSR count). The fraction of sp³-hybridized carbons (Fsp3) is 0.0526. The Labute approximate surface area is 189 Å². The number of carboxylic acids is 1. The van der Waals surface area contributed by atoms with Crippen LogP contribution in [0.4, 0.5) is 11.4 Å². The van der Waals surface area contributed by atoms with Crippen molar-refractivity contribution in [1.82, 2.24) is 0 Å². The highest BCUT2D eigenvalue weighted by Crippen LogP contribution is 2.25. The molecular weight excluding hydrogens is 516 g/mol. The number of sulfonamides is 1. The number of thiophene rings is 1. The van der Waals surface area contributed by atoms with E-state index in [1.54, 1.807) is 30.3 Å². The lowest BCUT2D eigenvalue weighted by molar-refractivity contribution is 0.0698. The van der Waals surface area contributed by atoms with Crippen molar-refractivity contribution in [3.8, 4) is 0 Å². The number of nitrogens with one attached hydrogen (secondary N) is 2. The van der Waals surface area contributed by atoms with Crippen LogP contribution >= 0.6 is 38.9 Å². The molecule has 3 aromatic rings. The fourth-order valence-corrected chi connectivity index (χ4v) is 5.21. The van der Waals surface area contributed by atoms with Crippen LogP contribution < -0.4 is 10.0 Å². The molecule has 0 radical (unpaired) electrons. The third kappa shape index (κ3) is 5.20. The molecule has 1 aromatic heterocycles. The second kappa shape index (κ2) is 9.17. The van der Waals surface area contributed by atoms with Crippen molar-refractivity contribution in [2.24, 2.45) is 0 Å². The molecule has 0 saturated carbocycles. The Morgan fingerprint density at radius 1 is 1.10 bits per heavy atom. The lowest BCUT2D eigenvalue weighted by Crippen LogP contribution is -2.14. The normalized spacial score (nSPS) is 11.1. The van der Waals surface area contributed by atoms with Crippen LogP contribution in [0.5, 0.6) is 0 Å². The molecule has 1 amide bonds. The average Bonchev–Trinajstić information content (AvgIpc) is 3.21. The Kier molecular flexibility index (Phi) is 6.81. The van der Waals surface area contributed by atoms with Gasteiger partial charge in [0.2, 0.25) is 0 Å². The summed E-state index contributed by atoms with van der Waals surface area (Å²) in [6, 6.07) is 12.2. The van der Waals surface area contributed by atoms with Gasteiger partial charge < -0.3 is 10.4 Å². The summed E-state index contributed by atoms with van der Waals surface area (Å²) in [5.74, 6) is -1.50. The Balaban J connectivity index is 1.78. The van der Waals surface area contributed by atoms with Gasteiger partial charge in [0, 0.05) is 21.4 Å². The fourth-order valence-electron chi connectivity index (χ4n) is 2.44. The number of aromatic carboxylic acids is 1. The predicted octanol–water partition coefficient (Wildman–Crippen LogP) is 5.00. The quantitative estimate of drug-likeness (QED) is 0.373. The molecule has 0 atom stereocenters. The van der Waals surface area contributed by atoms with Crippen molar-refractivity contribution in [2.45, 2.75) is 10.8 Å². The van der Waals surface area contributed by atoms with Crippen molar-refractivity contribution in [1.29, 1.82) is 0 Å². The summed E-state index contributed by atoms with van der Waals surface area (Å²) in [5, 5.41) is 13.1. The van der Waals surface area contributed by atoms with Crippen LogP contribution in [0.3, 0.4) is 0 Å². The summed E-state index contributed by atoms with van der Waals surface area (Å²) in [6.07, 6.45) is 0. The van der Waals surface area contributed by atoms with E-state index in [1.807, 2.05) is 0 Å². The molecule has 156 valence electrons. The van der Waals surface area contributed by atoms with E-state index in [-0.39, 0.29) is 21.0 Å². The van der Waals surface area contributed by atoms with Crippen LogP contribution in [0.25, 0.3) is 0 Å². The van der Waals surface area contributed by atoms with Gasteiger partial charge in [0.05, 0.1) is 21.0 Å². The van der Waals surface area contributed by atoms with Crippen molar-refractivity contribution < 1.29 is 23.1 Å². The highest BCUT2D eigenvalue weighted by atomic mass is 79.9. The zero-order valence-corrected chi connectivity index (χ0v) is 19.0. The minimum Gasteiger partial charge on any atom is -0.478 e. The molecule has 0 aliphatic rings. The van der Waals surface area contributed by atoms with Crippen molar-refractivity contribution in [3.63, 3.8) is 0 Å². The average molecular weight is 530 g/mol. The van der Waals surface area contributed by atoms with Crippen molar-refractivity contribution in [2.75, 3.05) is 10.0 Å². The Hall–Kier alpha value is -2.40. The first-order valence-electron chi connectivity index (χ1n) is 8.30. The molecule has 0 unspecified atom stereocenters. The highest BCUT2D eigenvalue weighted by Gasteiger charge is 2.20. The van der Waals surface area contributed by atoms with Crippen molar-refractivity contribution >= 4 is 72.1 Å².